The summed E-state index contributed by atoms with van der Waals surface area (Å²) in [5, 5.41) is 3.11. The number of sulfonamides is 1. The Morgan fingerprint density at radius 3 is 2.81 bits per heavy atom. The van der Waals surface area contributed by atoms with Crippen LogP contribution in [0.2, 0.25) is 5.02 Å². The normalized spacial score (nSPS) is 11.8. The Balaban J connectivity index is 2.17. The van der Waals surface area contributed by atoms with E-state index in [1.165, 1.54) is 17.4 Å². The van der Waals surface area contributed by atoms with E-state index in [2.05, 4.69) is 9.71 Å². The van der Waals surface area contributed by atoms with E-state index in [1.54, 1.807) is 19.2 Å². The molecule has 3 N–H and O–H groups in total. The van der Waals surface area contributed by atoms with Crippen LogP contribution in [0, 0.1) is 6.92 Å². The van der Waals surface area contributed by atoms with Crippen LogP contribution in [-0.2, 0) is 23.0 Å². The molecule has 0 radical (unpaired) electrons. The number of nitrogens with one attached hydrogen (secondary N) is 1. The van der Waals surface area contributed by atoms with E-state index in [4.69, 9.17) is 17.3 Å². The maximum Gasteiger partial charge on any atom is 0.240 e. The molecule has 0 unspecified atom stereocenters. The van der Waals surface area contributed by atoms with E-state index in [0.717, 1.165) is 10.6 Å². The summed E-state index contributed by atoms with van der Waals surface area (Å²) >= 11 is 7.46. The molecule has 0 fully saturated rings. The smallest absolute Gasteiger partial charge is 0.240 e. The zero-order chi connectivity index (χ0) is 15.5. The fourth-order valence-corrected chi connectivity index (χ4v) is 4.21. The van der Waals surface area contributed by atoms with Crippen molar-refractivity contribution in [2.24, 2.45) is 5.73 Å². The lowest BCUT2D eigenvalue weighted by molar-refractivity contribution is 0.580. The summed E-state index contributed by atoms with van der Waals surface area (Å²) < 4.78 is 27.3. The van der Waals surface area contributed by atoms with Crippen molar-refractivity contribution in [1.29, 1.82) is 0 Å². The van der Waals surface area contributed by atoms with Gasteiger partial charge < -0.3 is 5.73 Å². The summed E-state index contributed by atoms with van der Waals surface area (Å²) in [6.07, 6.45) is 2.25. The molecule has 0 aliphatic heterocycles. The van der Waals surface area contributed by atoms with Crippen molar-refractivity contribution in [3.8, 4) is 0 Å². The summed E-state index contributed by atoms with van der Waals surface area (Å²) in [6.45, 7) is 2.27. The summed E-state index contributed by atoms with van der Waals surface area (Å²) in [7, 11) is -3.61. The molecule has 0 saturated carbocycles. The minimum Gasteiger partial charge on any atom is -0.326 e. The zero-order valence-corrected chi connectivity index (χ0v) is 13.9. The van der Waals surface area contributed by atoms with E-state index in [9.17, 15) is 8.42 Å². The van der Waals surface area contributed by atoms with Gasteiger partial charge in [-0.1, -0.05) is 11.6 Å². The van der Waals surface area contributed by atoms with Crippen LogP contribution in [0.25, 0.3) is 0 Å². The van der Waals surface area contributed by atoms with Crippen LogP contribution in [0.4, 0.5) is 0 Å². The van der Waals surface area contributed by atoms with Gasteiger partial charge in [0.25, 0.3) is 0 Å². The van der Waals surface area contributed by atoms with Gasteiger partial charge in [-0.05, 0) is 30.2 Å². The first-order chi connectivity index (χ1) is 9.94. The number of nitrogens with zero attached hydrogens (tertiary/aromatic N) is 1. The molecule has 0 amide bonds. The summed E-state index contributed by atoms with van der Waals surface area (Å²) in [5.74, 6) is 0. The average molecular weight is 346 g/mol. The first-order valence-electron chi connectivity index (χ1n) is 6.31. The number of rotatable bonds is 6. The van der Waals surface area contributed by atoms with Crippen LogP contribution in [0.1, 0.15) is 16.1 Å². The third-order valence-electron chi connectivity index (χ3n) is 3.06. The quantitative estimate of drug-likeness (QED) is 0.839. The Bertz CT molecular complexity index is 715. The van der Waals surface area contributed by atoms with Crippen molar-refractivity contribution in [2.45, 2.75) is 24.8 Å². The molecule has 1 aromatic heterocycles. The molecule has 8 heteroatoms. The molecule has 1 heterocycles. The van der Waals surface area contributed by atoms with Gasteiger partial charge in [-0.3, -0.25) is 0 Å². The topological polar surface area (TPSA) is 85.1 Å². The van der Waals surface area contributed by atoms with Crippen LogP contribution in [0.5, 0.6) is 0 Å². The van der Waals surface area contributed by atoms with E-state index < -0.39 is 10.0 Å². The molecule has 0 bridgehead atoms. The molecule has 0 saturated heterocycles. The Kier molecular flexibility index (Phi) is 5.34. The molecule has 1 aromatic carbocycles. The van der Waals surface area contributed by atoms with Crippen molar-refractivity contribution < 1.29 is 8.42 Å². The number of aromatic nitrogens is 1. The molecule has 21 heavy (non-hydrogen) atoms. The van der Waals surface area contributed by atoms with Gasteiger partial charge in [-0.15, -0.1) is 11.3 Å². The van der Waals surface area contributed by atoms with Gasteiger partial charge >= 0.3 is 0 Å². The Hall–Kier alpha value is -0.990. The SMILES string of the molecule is Cc1c(CN)cc(Cl)cc1S(=O)(=O)NCCc1nccs1. The van der Waals surface area contributed by atoms with Gasteiger partial charge in [0.2, 0.25) is 10.0 Å². The first-order valence-corrected chi connectivity index (χ1v) is 9.05. The predicted octanol–water partition coefficient (Wildman–Crippen LogP) is 2.08. The zero-order valence-electron chi connectivity index (χ0n) is 11.5. The van der Waals surface area contributed by atoms with Crippen molar-refractivity contribution in [3.05, 3.63) is 44.9 Å². The molecular weight excluding hydrogens is 330 g/mol. The van der Waals surface area contributed by atoms with Gasteiger partial charge in [0.1, 0.15) is 0 Å². The highest BCUT2D eigenvalue weighted by Gasteiger charge is 2.19. The maximum absolute atomic E-state index is 12.4. The highest BCUT2D eigenvalue weighted by molar-refractivity contribution is 7.89. The van der Waals surface area contributed by atoms with E-state index in [-0.39, 0.29) is 11.4 Å². The van der Waals surface area contributed by atoms with E-state index >= 15 is 0 Å². The highest BCUT2D eigenvalue weighted by Crippen LogP contribution is 2.24. The standard InChI is InChI=1S/C13H16ClN3O2S2/c1-9-10(8-15)6-11(14)7-12(9)21(18,19)17-3-2-13-16-4-5-20-13/h4-7,17H,2-3,8,15H2,1H3. The Morgan fingerprint density at radius 2 is 2.19 bits per heavy atom. The van der Waals surface area contributed by atoms with Gasteiger partial charge in [-0.25, -0.2) is 18.1 Å². The summed E-state index contributed by atoms with van der Waals surface area (Å²) in [6, 6.07) is 3.13. The lowest BCUT2D eigenvalue weighted by Crippen LogP contribution is -2.27. The second-order valence-corrected chi connectivity index (χ2v) is 7.62. The van der Waals surface area contributed by atoms with Gasteiger partial charge in [0.05, 0.1) is 9.90 Å². The largest absolute Gasteiger partial charge is 0.326 e. The molecule has 114 valence electrons. The maximum atomic E-state index is 12.4. The van der Waals surface area contributed by atoms with Crippen molar-refractivity contribution in [1.82, 2.24) is 9.71 Å². The fourth-order valence-electron chi connectivity index (χ4n) is 1.95. The van der Waals surface area contributed by atoms with E-state index in [1.807, 2.05) is 5.38 Å². The monoisotopic (exact) mass is 345 g/mol. The molecule has 0 aliphatic rings. The molecule has 2 aromatic rings. The Morgan fingerprint density at radius 1 is 1.43 bits per heavy atom. The first kappa shape index (κ1) is 16.4. The fraction of sp³-hybridized carbons (Fsp3) is 0.308. The molecule has 5 nitrogen and oxygen atoms in total. The van der Waals surface area contributed by atoms with Crippen molar-refractivity contribution in [3.63, 3.8) is 0 Å². The van der Waals surface area contributed by atoms with Gasteiger partial charge in [0, 0.05) is 36.1 Å². The number of nitrogens with two attached hydrogens (primary N) is 1. The lowest BCUT2D eigenvalue weighted by atomic mass is 10.1. The van der Waals surface area contributed by atoms with Crippen LogP contribution in [0.3, 0.4) is 0 Å². The second kappa shape index (κ2) is 6.85. The summed E-state index contributed by atoms with van der Waals surface area (Å²) in [5.41, 5.74) is 6.97. The van der Waals surface area contributed by atoms with Crippen LogP contribution < -0.4 is 10.5 Å². The third-order valence-corrected chi connectivity index (χ3v) is 5.70. The van der Waals surface area contributed by atoms with Crippen LogP contribution >= 0.6 is 22.9 Å². The predicted molar refractivity (Wildman–Crippen MR) is 85.1 cm³/mol. The number of hydrogen-bond acceptors (Lipinski definition) is 5. The Labute approximate surface area is 133 Å². The molecule has 2 rings (SSSR count). The van der Waals surface area contributed by atoms with Crippen molar-refractivity contribution in [2.75, 3.05) is 6.54 Å². The average Bonchev–Trinajstić information content (AvgIpc) is 2.93. The summed E-state index contributed by atoms with van der Waals surface area (Å²) in [4.78, 5) is 4.29. The van der Waals surface area contributed by atoms with Gasteiger partial charge in [0.15, 0.2) is 0 Å². The molecule has 0 spiro atoms. The van der Waals surface area contributed by atoms with Gasteiger partial charge in [-0.2, -0.15) is 0 Å². The highest BCUT2D eigenvalue weighted by atomic mass is 35.5. The number of halogens is 1. The van der Waals surface area contributed by atoms with Crippen LogP contribution in [0.15, 0.2) is 28.6 Å². The van der Waals surface area contributed by atoms with Crippen LogP contribution in [-0.4, -0.2) is 19.9 Å². The molecule has 0 atom stereocenters. The minimum absolute atomic E-state index is 0.176. The second-order valence-electron chi connectivity index (χ2n) is 4.47. The van der Waals surface area contributed by atoms with Crippen molar-refractivity contribution >= 4 is 33.0 Å². The van der Waals surface area contributed by atoms with E-state index in [0.29, 0.717) is 23.6 Å². The number of thiazole rings is 1. The third kappa shape index (κ3) is 4.02. The number of benzene rings is 1. The number of hydrogen-bond donors (Lipinski definition) is 2. The molecule has 0 aliphatic carbocycles. The lowest BCUT2D eigenvalue weighted by Gasteiger charge is -2.12. The minimum atomic E-state index is -3.61. The molecular formula is C13H16ClN3O2S2.